The van der Waals surface area contributed by atoms with Crippen LogP contribution in [0.5, 0.6) is 0 Å². The molecular weight excluding hydrogens is 539 g/mol. The lowest BCUT2D eigenvalue weighted by Gasteiger charge is -2.25. The van der Waals surface area contributed by atoms with E-state index >= 15 is 0 Å². The highest BCUT2D eigenvalue weighted by Gasteiger charge is 2.45. The number of hydrogen-bond acceptors (Lipinski definition) is 2. The summed E-state index contributed by atoms with van der Waals surface area (Å²) < 4.78 is 6.19. The van der Waals surface area contributed by atoms with Crippen LogP contribution in [0.1, 0.15) is 15.9 Å². The van der Waals surface area contributed by atoms with Crippen molar-refractivity contribution in [3.8, 4) is 0 Å². The Kier molecular flexibility index (Phi) is 8.85. The number of carbonyl (C=O) groups is 1. The predicted molar refractivity (Wildman–Crippen MR) is 151 cm³/mol. The molecule has 5 rings (SSSR count). The molecule has 0 unspecified atom stereocenters. The Morgan fingerprint density at radius 1 is 0.486 bits per heavy atom. The molecule has 0 saturated heterocycles. The van der Waals surface area contributed by atoms with E-state index in [1.807, 2.05) is 66.7 Å². The molecule has 0 N–H and O–H groups in total. The maximum absolute atomic E-state index is 13.3. The number of hydrogen-bond donors (Lipinski definition) is 0. The van der Waals surface area contributed by atoms with Crippen LogP contribution in [-0.2, 0) is 4.74 Å². The summed E-state index contributed by atoms with van der Waals surface area (Å²) in [6, 6.07) is 50.6. The first-order valence-corrected chi connectivity index (χ1v) is 13.7. The molecule has 5 aromatic rings. The van der Waals surface area contributed by atoms with Gasteiger partial charge in [-0.15, -0.1) is 0 Å². The smallest absolute Gasteiger partial charge is 0.343 e. The fraction of sp³-hybridized carbons (Fsp3) is 0. The van der Waals surface area contributed by atoms with Crippen LogP contribution in [-0.4, -0.2) is 5.97 Å². The second-order valence-corrected chi connectivity index (χ2v) is 11.6. The molecule has 0 saturated carbocycles. The summed E-state index contributed by atoms with van der Waals surface area (Å²) in [4.78, 5) is 13.3. The highest BCUT2D eigenvalue weighted by atomic mass is 79.9. The first-order chi connectivity index (χ1) is 17.8. The third-order valence-electron chi connectivity index (χ3n) is 6.07. The zero-order valence-electron chi connectivity index (χ0n) is 20.2. The van der Waals surface area contributed by atoms with Crippen LogP contribution in [0.2, 0.25) is 0 Å². The maximum atomic E-state index is 13.3. The normalized spacial score (nSPS) is 11.3. The highest BCUT2D eigenvalue weighted by molar-refractivity contribution is 7.98. The lowest BCUT2D eigenvalue weighted by atomic mass is 10.2. The summed E-state index contributed by atoms with van der Waals surface area (Å²) in [7, 11) is -2.36. The van der Waals surface area contributed by atoms with E-state index in [2.05, 4.69) is 78.6 Å². The minimum Gasteiger partial charge on any atom is -1.00 e. The van der Waals surface area contributed by atoms with Crippen LogP contribution in [0.25, 0.3) is 5.76 Å². The molecule has 0 radical (unpaired) electrons. The molecule has 0 spiro atoms. The SMILES string of the molecule is O=C(O/C(=C\[P+](c1ccccc1)(c1ccccc1)c1ccccc1)c1ccccc1)c1ccccc1.[Br-]. The third-order valence-corrected chi connectivity index (χ3v) is 10.0. The quantitative estimate of drug-likeness (QED) is 0.170. The second-order valence-electron chi connectivity index (χ2n) is 8.34. The highest BCUT2D eigenvalue weighted by Crippen LogP contribution is 2.58. The Morgan fingerprint density at radius 2 is 0.811 bits per heavy atom. The molecule has 0 aliphatic carbocycles. The van der Waals surface area contributed by atoms with Crippen molar-refractivity contribution in [2.45, 2.75) is 0 Å². The number of ether oxygens (including phenoxy) is 1. The fourth-order valence-electron chi connectivity index (χ4n) is 4.33. The van der Waals surface area contributed by atoms with Crippen molar-refractivity contribution in [1.29, 1.82) is 0 Å². The standard InChI is InChI=1S/C33H26O2P.BrH/c34-33(28-18-8-2-9-19-28)35-32(27-16-6-1-7-17-27)26-36(29-20-10-3-11-21-29,30-22-12-4-13-23-30)31-24-14-5-15-25-31;/h1-26H;1H/q+1;/p-1/b32-26-;. The van der Waals surface area contributed by atoms with Gasteiger partial charge in [0.25, 0.3) is 0 Å². The van der Waals surface area contributed by atoms with Crippen molar-refractivity contribution < 1.29 is 26.5 Å². The molecular formula is C33H26BrO2P. The van der Waals surface area contributed by atoms with Crippen molar-refractivity contribution in [1.82, 2.24) is 0 Å². The van der Waals surface area contributed by atoms with E-state index in [9.17, 15) is 4.79 Å². The van der Waals surface area contributed by atoms with Gasteiger partial charge in [0.1, 0.15) is 29.0 Å². The molecule has 0 amide bonds. The van der Waals surface area contributed by atoms with Crippen LogP contribution in [0.15, 0.2) is 157 Å². The van der Waals surface area contributed by atoms with Gasteiger partial charge >= 0.3 is 5.97 Å². The number of rotatable bonds is 7. The van der Waals surface area contributed by atoms with E-state index in [0.717, 1.165) is 5.56 Å². The van der Waals surface area contributed by atoms with E-state index in [4.69, 9.17) is 4.74 Å². The number of carbonyl (C=O) groups excluding carboxylic acids is 1. The predicted octanol–water partition coefficient (Wildman–Crippen LogP) is 3.84. The van der Waals surface area contributed by atoms with Gasteiger partial charge in [0.05, 0.1) is 5.56 Å². The van der Waals surface area contributed by atoms with E-state index in [0.29, 0.717) is 11.3 Å². The molecule has 0 fully saturated rings. The third kappa shape index (κ3) is 5.80. The van der Waals surface area contributed by atoms with Crippen molar-refractivity contribution in [2.75, 3.05) is 0 Å². The minimum atomic E-state index is -2.36. The summed E-state index contributed by atoms with van der Waals surface area (Å²) in [6.45, 7) is 0. The lowest BCUT2D eigenvalue weighted by Crippen LogP contribution is -3.00. The van der Waals surface area contributed by atoms with Gasteiger partial charge in [0.2, 0.25) is 0 Å². The first kappa shape index (κ1) is 26.3. The van der Waals surface area contributed by atoms with Crippen molar-refractivity contribution in [2.24, 2.45) is 0 Å². The molecule has 182 valence electrons. The molecule has 0 atom stereocenters. The van der Waals surface area contributed by atoms with E-state index in [1.165, 1.54) is 15.9 Å². The van der Waals surface area contributed by atoms with Gasteiger partial charge in [-0.05, 0) is 48.5 Å². The van der Waals surface area contributed by atoms with E-state index in [-0.39, 0.29) is 23.0 Å². The van der Waals surface area contributed by atoms with Crippen LogP contribution in [0.3, 0.4) is 0 Å². The Hall–Kier alpha value is -3.78. The van der Waals surface area contributed by atoms with Crippen molar-refractivity contribution >= 4 is 34.9 Å². The monoisotopic (exact) mass is 564 g/mol. The average molecular weight is 565 g/mol. The Bertz CT molecular complexity index is 1340. The van der Waals surface area contributed by atoms with Gasteiger partial charge in [-0.25, -0.2) is 4.79 Å². The zero-order chi connectivity index (χ0) is 24.6. The van der Waals surface area contributed by atoms with Crippen LogP contribution in [0, 0.1) is 0 Å². The molecule has 2 nitrogen and oxygen atoms in total. The summed E-state index contributed by atoms with van der Waals surface area (Å²) in [5, 5.41) is 3.56. The average Bonchev–Trinajstić information content (AvgIpc) is 2.97. The summed E-state index contributed by atoms with van der Waals surface area (Å²) >= 11 is 0. The lowest BCUT2D eigenvalue weighted by molar-refractivity contribution is -0.0000209. The largest absolute Gasteiger partial charge is 1.00 e. The van der Waals surface area contributed by atoms with Crippen LogP contribution < -0.4 is 32.9 Å². The number of halogens is 1. The fourth-order valence-corrected chi connectivity index (χ4v) is 8.15. The molecule has 37 heavy (non-hydrogen) atoms. The van der Waals surface area contributed by atoms with Crippen molar-refractivity contribution in [3.05, 3.63) is 169 Å². The molecule has 0 aliphatic heterocycles. The molecule has 0 heterocycles. The molecule has 4 heteroatoms. The summed E-state index contributed by atoms with van der Waals surface area (Å²) in [5.74, 6) is 2.37. The van der Waals surface area contributed by atoms with E-state index in [1.54, 1.807) is 12.1 Å². The second kappa shape index (κ2) is 12.5. The Balaban J connectivity index is 0.00000320. The van der Waals surface area contributed by atoms with Crippen molar-refractivity contribution in [3.63, 3.8) is 0 Å². The Morgan fingerprint density at radius 3 is 1.19 bits per heavy atom. The topological polar surface area (TPSA) is 26.3 Å². The van der Waals surface area contributed by atoms with Crippen LogP contribution in [0.4, 0.5) is 0 Å². The van der Waals surface area contributed by atoms with Gasteiger partial charge in [0, 0.05) is 5.56 Å². The minimum absolute atomic E-state index is 0. The molecule has 5 aromatic carbocycles. The van der Waals surface area contributed by atoms with Gasteiger partial charge < -0.3 is 21.7 Å². The summed E-state index contributed by atoms with van der Waals surface area (Å²) in [6.07, 6.45) is 0. The maximum Gasteiger partial charge on any atom is 0.343 e. The van der Waals surface area contributed by atoms with Gasteiger partial charge in [-0.1, -0.05) is 103 Å². The first-order valence-electron chi connectivity index (χ1n) is 11.9. The molecule has 0 aliphatic rings. The molecule has 0 aromatic heterocycles. The Labute approximate surface area is 229 Å². The zero-order valence-corrected chi connectivity index (χ0v) is 22.6. The van der Waals surface area contributed by atoms with Crippen LogP contribution >= 0.6 is 7.26 Å². The number of esters is 1. The summed E-state index contributed by atoms with van der Waals surface area (Å²) in [5.41, 5.74) is 1.37. The number of benzene rings is 5. The van der Waals surface area contributed by atoms with E-state index < -0.39 is 7.26 Å². The van der Waals surface area contributed by atoms with Gasteiger partial charge in [-0.3, -0.25) is 0 Å². The molecule has 0 bridgehead atoms. The van der Waals surface area contributed by atoms with Gasteiger partial charge in [-0.2, -0.15) is 0 Å². The van der Waals surface area contributed by atoms with Gasteiger partial charge in [0.15, 0.2) is 5.76 Å².